The average molecular weight is 301 g/mol. The van der Waals surface area contributed by atoms with E-state index in [2.05, 4.69) is 10.3 Å². The third kappa shape index (κ3) is 4.63. The first-order valence-corrected chi connectivity index (χ1v) is 6.12. The van der Waals surface area contributed by atoms with Crippen LogP contribution in [0.3, 0.4) is 0 Å². The van der Waals surface area contributed by atoms with Crippen molar-refractivity contribution in [3.63, 3.8) is 0 Å². The van der Waals surface area contributed by atoms with Gasteiger partial charge in [-0.1, -0.05) is 13.8 Å². The summed E-state index contributed by atoms with van der Waals surface area (Å²) in [5.41, 5.74) is -1.32. The van der Waals surface area contributed by atoms with Gasteiger partial charge in [0.1, 0.15) is 23.6 Å². The molecule has 0 radical (unpaired) electrons. The Labute approximate surface area is 119 Å². The molecule has 1 atom stereocenters. The SMILES string of the molecule is CC(C)C[C@@H](Nc1nc(C(F)(F)F)ccc1C#N)C(=O)O. The molecule has 0 bridgehead atoms. The van der Waals surface area contributed by atoms with Crippen molar-refractivity contribution in [2.75, 3.05) is 5.32 Å². The van der Waals surface area contributed by atoms with Crippen LogP contribution >= 0.6 is 0 Å². The topological polar surface area (TPSA) is 86.0 Å². The summed E-state index contributed by atoms with van der Waals surface area (Å²) in [5.74, 6) is -1.58. The summed E-state index contributed by atoms with van der Waals surface area (Å²) in [5, 5.41) is 20.4. The van der Waals surface area contributed by atoms with E-state index in [9.17, 15) is 18.0 Å². The Hall–Kier alpha value is -2.30. The number of halogens is 3. The normalized spacial score (nSPS) is 12.8. The molecule has 1 heterocycles. The van der Waals surface area contributed by atoms with Crippen LogP contribution in [-0.2, 0) is 11.0 Å². The molecule has 0 spiro atoms. The highest BCUT2D eigenvalue weighted by molar-refractivity contribution is 5.77. The summed E-state index contributed by atoms with van der Waals surface area (Å²) >= 11 is 0. The lowest BCUT2D eigenvalue weighted by molar-refractivity contribution is -0.141. The molecule has 8 heteroatoms. The number of nitrogens with zero attached hydrogens (tertiary/aromatic N) is 2. The van der Waals surface area contributed by atoms with E-state index in [1.54, 1.807) is 19.9 Å². The number of aromatic nitrogens is 1. The number of carboxylic acid groups (broad SMARTS) is 1. The van der Waals surface area contributed by atoms with Gasteiger partial charge in [0, 0.05) is 0 Å². The van der Waals surface area contributed by atoms with Gasteiger partial charge in [-0.25, -0.2) is 9.78 Å². The van der Waals surface area contributed by atoms with Gasteiger partial charge < -0.3 is 10.4 Å². The van der Waals surface area contributed by atoms with Gasteiger partial charge in [-0.15, -0.1) is 0 Å². The van der Waals surface area contributed by atoms with Gasteiger partial charge in [-0.3, -0.25) is 0 Å². The largest absolute Gasteiger partial charge is 0.480 e. The lowest BCUT2D eigenvalue weighted by Crippen LogP contribution is -2.31. The van der Waals surface area contributed by atoms with Crippen molar-refractivity contribution in [3.05, 3.63) is 23.4 Å². The quantitative estimate of drug-likeness (QED) is 0.873. The zero-order chi connectivity index (χ0) is 16.2. The first kappa shape index (κ1) is 16.8. The van der Waals surface area contributed by atoms with Gasteiger partial charge >= 0.3 is 12.1 Å². The summed E-state index contributed by atoms with van der Waals surface area (Å²) in [4.78, 5) is 14.4. The molecule has 0 aliphatic carbocycles. The van der Waals surface area contributed by atoms with E-state index >= 15 is 0 Å². The third-order valence-corrected chi connectivity index (χ3v) is 2.62. The smallest absolute Gasteiger partial charge is 0.433 e. The van der Waals surface area contributed by atoms with Crippen molar-refractivity contribution in [1.29, 1.82) is 5.26 Å². The maximum atomic E-state index is 12.6. The van der Waals surface area contributed by atoms with E-state index in [0.717, 1.165) is 6.07 Å². The van der Waals surface area contributed by atoms with Crippen molar-refractivity contribution in [2.24, 2.45) is 5.92 Å². The number of aliphatic carboxylic acids is 1. The molecule has 0 aliphatic rings. The summed E-state index contributed by atoms with van der Waals surface area (Å²) in [7, 11) is 0. The van der Waals surface area contributed by atoms with Crippen molar-refractivity contribution >= 4 is 11.8 Å². The molecule has 1 aromatic heterocycles. The van der Waals surface area contributed by atoms with Crippen LogP contribution in [0.1, 0.15) is 31.5 Å². The predicted molar refractivity (Wildman–Crippen MR) is 68.5 cm³/mol. The summed E-state index contributed by atoms with van der Waals surface area (Å²) in [6.45, 7) is 3.56. The second-order valence-electron chi connectivity index (χ2n) is 4.87. The zero-order valence-corrected chi connectivity index (χ0v) is 11.4. The molecule has 2 N–H and O–H groups in total. The highest BCUT2D eigenvalue weighted by Crippen LogP contribution is 2.29. The number of hydrogen-bond acceptors (Lipinski definition) is 4. The molecule has 114 valence electrons. The molecule has 5 nitrogen and oxygen atoms in total. The molecule has 0 fully saturated rings. The van der Waals surface area contributed by atoms with Crippen LogP contribution in [0.4, 0.5) is 19.0 Å². The highest BCUT2D eigenvalue weighted by atomic mass is 19.4. The number of pyridine rings is 1. The predicted octanol–water partition coefficient (Wildman–Crippen LogP) is 2.88. The molecular formula is C13H14F3N3O2. The maximum Gasteiger partial charge on any atom is 0.433 e. The molecule has 1 aromatic rings. The van der Waals surface area contributed by atoms with Crippen LogP contribution < -0.4 is 5.32 Å². The minimum Gasteiger partial charge on any atom is -0.480 e. The van der Waals surface area contributed by atoms with E-state index in [-0.39, 0.29) is 23.7 Å². The number of hydrogen-bond donors (Lipinski definition) is 2. The van der Waals surface area contributed by atoms with E-state index in [1.807, 2.05) is 0 Å². The second kappa shape index (κ2) is 6.43. The number of carboxylic acids is 1. The Morgan fingerprint density at radius 3 is 2.52 bits per heavy atom. The molecule has 0 aliphatic heterocycles. The van der Waals surface area contributed by atoms with Gasteiger partial charge in [-0.05, 0) is 24.5 Å². The van der Waals surface area contributed by atoms with Crippen LogP contribution in [0.25, 0.3) is 0 Å². The fraction of sp³-hybridized carbons (Fsp3) is 0.462. The van der Waals surface area contributed by atoms with Crippen molar-refractivity contribution < 1.29 is 23.1 Å². The van der Waals surface area contributed by atoms with Crippen molar-refractivity contribution in [3.8, 4) is 6.07 Å². The first-order valence-electron chi connectivity index (χ1n) is 6.12. The van der Waals surface area contributed by atoms with Crippen LogP contribution in [0, 0.1) is 17.2 Å². The molecular weight excluding hydrogens is 287 g/mol. The van der Waals surface area contributed by atoms with Crippen molar-refractivity contribution in [2.45, 2.75) is 32.5 Å². The Kier molecular flexibility index (Phi) is 5.13. The van der Waals surface area contributed by atoms with Gasteiger partial charge in [0.25, 0.3) is 0 Å². The maximum absolute atomic E-state index is 12.6. The monoisotopic (exact) mass is 301 g/mol. The number of nitriles is 1. The lowest BCUT2D eigenvalue weighted by atomic mass is 10.0. The van der Waals surface area contributed by atoms with Crippen LogP contribution in [0.5, 0.6) is 0 Å². The van der Waals surface area contributed by atoms with E-state index < -0.39 is 23.9 Å². The summed E-state index contributed by atoms with van der Waals surface area (Å²) in [6.07, 6.45) is -4.47. The lowest BCUT2D eigenvalue weighted by Gasteiger charge is -2.18. The second-order valence-corrected chi connectivity index (χ2v) is 4.87. The fourth-order valence-electron chi connectivity index (χ4n) is 1.68. The third-order valence-electron chi connectivity index (χ3n) is 2.62. The number of nitrogens with one attached hydrogen (secondary N) is 1. The molecule has 0 saturated heterocycles. The molecule has 21 heavy (non-hydrogen) atoms. The number of rotatable bonds is 5. The molecule has 1 rings (SSSR count). The van der Waals surface area contributed by atoms with Crippen LogP contribution in [-0.4, -0.2) is 22.1 Å². The Bertz CT molecular complexity index is 565. The van der Waals surface area contributed by atoms with Gasteiger partial charge in [0.05, 0.1) is 5.56 Å². The first-order chi connectivity index (χ1) is 9.65. The minimum atomic E-state index is -4.67. The Morgan fingerprint density at radius 2 is 2.10 bits per heavy atom. The van der Waals surface area contributed by atoms with E-state index in [1.165, 1.54) is 0 Å². The van der Waals surface area contributed by atoms with E-state index in [0.29, 0.717) is 6.07 Å². The van der Waals surface area contributed by atoms with Crippen molar-refractivity contribution in [1.82, 2.24) is 4.98 Å². The summed E-state index contributed by atoms with van der Waals surface area (Å²) in [6, 6.07) is 2.22. The molecule has 0 amide bonds. The van der Waals surface area contributed by atoms with E-state index in [4.69, 9.17) is 10.4 Å². The van der Waals surface area contributed by atoms with Gasteiger partial charge in [-0.2, -0.15) is 18.4 Å². The Balaban J connectivity index is 3.15. The number of alkyl halides is 3. The average Bonchev–Trinajstić information content (AvgIpc) is 2.36. The molecule has 0 unspecified atom stereocenters. The van der Waals surface area contributed by atoms with Gasteiger partial charge in [0.2, 0.25) is 0 Å². The number of carbonyl (C=O) groups is 1. The highest BCUT2D eigenvalue weighted by Gasteiger charge is 2.33. The number of anilines is 1. The van der Waals surface area contributed by atoms with Crippen LogP contribution in [0.2, 0.25) is 0 Å². The fourth-order valence-corrected chi connectivity index (χ4v) is 1.68. The molecule has 0 saturated carbocycles. The standard InChI is InChI=1S/C13H14F3N3O2/c1-7(2)5-9(12(20)21)18-11-8(6-17)3-4-10(19-11)13(14,15)16/h3-4,7,9H,5H2,1-2H3,(H,18,19)(H,20,21)/t9-/m1/s1. The zero-order valence-electron chi connectivity index (χ0n) is 11.4. The molecule has 0 aromatic carbocycles. The Morgan fingerprint density at radius 1 is 1.48 bits per heavy atom. The summed E-state index contributed by atoms with van der Waals surface area (Å²) < 4.78 is 37.9. The minimum absolute atomic E-state index is 0.00920. The van der Waals surface area contributed by atoms with Crippen LogP contribution in [0.15, 0.2) is 12.1 Å². The van der Waals surface area contributed by atoms with Gasteiger partial charge in [0.15, 0.2) is 0 Å².